The van der Waals surface area contributed by atoms with Gasteiger partial charge in [0, 0.05) is 11.3 Å². The van der Waals surface area contributed by atoms with Crippen molar-refractivity contribution in [3.8, 4) is 0 Å². The molecule has 0 aliphatic heterocycles. The first-order valence-corrected chi connectivity index (χ1v) is 12.5. The van der Waals surface area contributed by atoms with E-state index in [-0.39, 0.29) is 21.2 Å². The molecule has 0 atom stereocenters. The second-order valence-electron chi connectivity index (χ2n) is 6.85. The summed E-state index contributed by atoms with van der Waals surface area (Å²) in [5, 5.41) is 7.20. The molecule has 0 aromatic heterocycles. The lowest BCUT2D eigenvalue weighted by molar-refractivity contribution is -0.137. The maximum atomic E-state index is 13.0. The van der Waals surface area contributed by atoms with Gasteiger partial charge in [0.15, 0.2) is 0 Å². The number of primary sulfonamides is 1. The lowest BCUT2D eigenvalue weighted by Gasteiger charge is -2.13. The summed E-state index contributed by atoms with van der Waals surface area (Å²) in [5.74, 6) is -0.777. The van der Waals surface area contributed by atoms with Crippen molar-refractivity contribution >= 4 is 48.9 Å². The summed E-state index contributed by atoms with van der Waals surface area (Å²) in [6.45, 7) is 0. The minimum atomic E-state index is -4.72. The largest absolute Gasteiger partial charge is 0.416 e. The Labute approximate surface area is 197 Å². The monoisotopic (exact) mass is 533 g/mol. The van der Waals surface area contributed by atoms with E-state index in [9.17, 15) is 34.8 Å². The van der Waals surface area contributed by atoms with Crippen LogP contribution in [0.1, 0.15) is 15.9 Å². The summed E-state index contributed by atoms with van der Waals surface area (Å²) in [4.78, 5) is 11.9. The molecule has 0 radical (unpaired) electrons. The molecule has 0 aliphatic carbocycles. The predicted octanol–water partition coefficient (Wildman–Crippen LogP) is 4.06. The SMILES string of the molecule is NS(=O)(=O)c1cccc(NC(=O)c2cccc(S(=O)(=O)Nc3cc(C(F)(F)F)ccc3Cl)c2)c1. The van der Waals surface area contributed by atoms with Gasteiger partial charge in [-0.15, -0.1) is 0 Å². The van der Waals surface area contributed by atoms with Crippen molar-refractivity contribution in [1.82, 2.24) is 0 Å². The first-order valence-electron chi connectivity index (χ1n) is 9.11. The Morgan fingerprint density at radius 1 is 0.882 bits per heavy atom. The number of carbonyl (C=O) groups excluding carboxylic acids is 1. The van der Waals surface area contributed by atoms with Crippen molar-refractivity contribution in [2.45, 2.75) is 16.0 Å². The van der Waals surface area contributed by atoms with E-state index in [0.717, 1.165) is 24.3 Å². The van der Waals surface area contributed by atoms with Gasteiger partial charge in [-0.2, -0.15) is 13.2 Å². The molecular formula is C20H15ClF3N3O5S2. The van der Waals surface area contributed by atoms with Crippen LogP contribution in [0.15, 0.2) is 76.5 Å². The summed E-state index contributed by atoms with van der Waals surface area (Å²) in [7, 11) is -8.45. The smallest absolute Gasteiger partial charge is 0.322 e. The fraction of sp³-hybridized carbons (Fsp3) is 0.0500. The van der Waals surface area contributed by atoms with Gasteiger partial charge in [-0.1, -0.05) is 23.7 Å². The van der Waals surface area contributed by atoms with Crippen molar-refractivity contribution in [2.75, 3.05) is 10.0 Å². The zero-order valence-electron chi connectivity index (χ0n) is 16.8. The zero-order valence-corrected chi connectivity index (χ0v) is 19.2. The number of hydrogen-bond acceptors (Lipinski definition) is 5. The van der Waals surface area contributed by atoms with Gasteiger partial charge in [0.1, 0.15) is 0 Å². The Hall–Kier alpha value is -3.13. The van der Waals surface area contributed by atoms with Gasteiger partial charge in [-0.05, 0) is 54.6 Å². The first kappa shape index (κ1) is 25.5. The molecule has 0 saturated heterocycles. The average molecular weight is 534 g/mol. The predicted molar refractivity (Wildman–Crippen MR) is 119 cm³/mol. The van der Waals surface area contributed by atoms with Crippen LogP contribution >= 0.6 is 11.6 Å². The average Bonchev–Trinajstić information content (AvgIpc) is 2.74. The second-order valence-corrected chi connectivity index (χ2v) is 10.5. The van der Waals surface area contributed by atoms with Crippen molar-refractivity contribution in [3.05, 3.63) is 82.9 Å². The van der Waals surface area contributed by atoms with Gasteiger partial charge < -0.3 is 5.32 Å². The fourth-order valence-electron chi connectivity index (χ4n) is 2.74. The molecule has 14 heteroatoms. The van der Waals surface area contributed by atoms with Crippen LogP contribution in [-0.4, -0.2) is 22.7 Å². The Kier molecular flexibility index (Phi) is 6.94. The Morgan fingerprint density at radius 2 is 1.53 bits per heavy atom. The van der Waals surface area contributed by atoms with E-state index in [2.05, 4.69) is 5.32 Å². The molecule has 0 heterocycles. The van der Waals surface area contributed by atoms with Crippen LogP contribution in [0.5, 0.6) is 0 Å². The number of nitrogens with two attached hydrogens (primary N) is 1. The highest BCUT2D eigenvalue weighted by atomic mass is 35.5. The van der Waals surface area contributed by atoms with Crippen molar-refractivity contribution in [2.24, 2.45) is 5.14 Å². The third kappa shape index (κ3) is 6.05. The molecule has 4 N–H and O–H groups in total. The summed E-state index contributed by atoms with van der Waals surface area (Å²) >= 11 is 5.85. The number of hydrogen-bond donors (Lipinski definition) is 3. The molecule has 180 valence electrons. The molecule has 0 saturated carbocycles. The Bertz CT molecular complexity index is 1480. The van der Waals surface area contributed by atoms with E-state index >= 15 is 0 Å². The van der Waals surface area contributed by atoms with Crippen molar-refractivity contribution in [1.29, 1.82) is 0 Å². The first-order chi connectivity index (χ1) is 15.7. The molecule has 0 unspecified atom stereocenters. The van der Waals surface area contributed by atoms with Crippen LogP contribution in [0, 0.1) is 0 Å². The van der Waals surface area contributed by atoms with E-state index < -0.39 is 48.3 Å². The molecule has 1 amide bonds. The minimum Gasteiger partial charge on any atom is -0.322 e. The topological polar surface area (TPSA) is 135 Å². The number of carbonyl (C=O) groups is 1. The molecule has 0 spiro atoms. The van der Waals surface area contributed by atoms with Gasteiger partial charge in [0.05, 0.1) is 26.1 Å². The zero-order chi connectivity index (χ0) is 25.3. The number of alkyl halides is 3. The number of rotatable bonds is 6. The third-order valence-corrected chi connectivity index (χ3v) is 6.97. The molecule has 8 nitrogen and oxygen atoms in total. The van der Waals surface area contributed by atoms with E-state index in [1.165, 1.54) is 30.3 Å². The lowest BCUT2D eigenvalue weighted by atomic mass is 10.2. The van der Waals surface area contributed by atoms with Gasteiger partial charge in [-0.3, -0.25) is 9.52 Å². The Morgan fingerprint density at radius 3 is 2.18 bits per heavy atom. The van der Waals surface area contributed by atoms with Crippen molar-refractivity contribution < 1.29 is 34.8 Å². The van der Waals surface area contributed by atoms with Gasteiger partial charge in [-0.25, -0.2) is 22.0 Å². The number of halogens is 4. The Balaban J connectivity index is 1.87. The summed E-state index contributed by atoms with van der Waals surface area (Å²) in [6, 6.07) is 11.9. The summed E-state index contributed by atoms with van der Waals surface area (Å²) in [5.41, 5.74) is -1.65. The fourth-order valence-corrected chi connectivity index (χ4v) is 4.64. The van der Waals surface area contributed by atoms with Crippen LogP contribution in [-0.2, 0) is 26.2 Å². The van der Waals surface area contributed by atoms with Crippen LogP contribution in [0.2, 0.25) is 5.02 Å². The van der Waals surface area contributed by atoms with Crippen molar-refractivity contribution in [3.63, 3.8) is 0 Å². The van der Waals surface area contributed by atoms with E-state index in [0.29, 0.717) is 12.1 Å². The number of benzene rings is 3. The third-order valence-electron chi connectivity index (χ3n) is 4.36. The maximum Gasteiger partial charge on any atom is 0.416 e. The number of anilines is 2. The van der Waals surface area contributed by atoms with Crippen LogP contribution in [0.25, 0.3) is 0 Å². The number of sulfonamides is 2. The van der Waals surface area contributed by atoms with E-state index in [4.69, 9.17) is 16.7 Å². The molecule has 3 aromatic carbocycles. The lowest BCUT2D eigenvalue weighted by Crippen LogP contribution is -2.17. The highest BCUT2D eigenvalue weighted by molar-refractivity contribution is 7.92. The van der Waals surface area contributed by atoms with Crippen LogP contribution in [0.4, 0.5) is 24.5 Å². The molecule has 0 bridgehead atoms. The minimum absolute atomic E-state index is 0.0821. The maximum absolute atomic E-state index is 13.0. The quantitative estimate of drug-likeness (QED) is 0.439. The second kappa shape index (κ2) is 9.25. The van der Waals surface area contributed by atoms with Gasteiger partial charge in [0.25, 0.3) is 15.9 Å². The molecule has 3 aromatic rings. The summed E-state index contributed by atoms with van der Waals surface area (Å²) < 4.78 is 89.3. The molecule has 3 rings (SSSR count). The summed E-state index contributed by atoms with van der Waals surface area (Å²) in [6.07, 6.45) is -4.72. The van der Waals surface area contributed by atoms with Gasteiger partial charge in [0.2, 0.25) is 10.0 Å². The molecule has 0 aliphatic rings. The van der Waals surface area contributed by atoms with E-state index in [1.54, 1.807) is 0 Å². The normalized spacial score (nSPS) is 12.3. The molecule has 34 heavy (non-hydrogen) atoms. The van der Waals surface area contributed by atoms with Crippen LogP contribution in [0.3, 0.4) is 0 Å². The number of nitrogens with one attached hydrogen (secondary N) is 2. The molecular weight excluding hydrogens is 519 g/mol. The number of amides is 1. The molecule has 0 fully saturated rings. The standard InChI is InChI=1S/C20H15ClF3N3O5S2/c21-17-8-7-13(20(22,23)24)10-18(17)27-34(31,32)16-6-1-3-12(9-16)19(28)26-14-4-2-5-15(11-14)33(25,29)30/h1-11,27H,(H,26,28)(H2,25,29,30). The van der Waals surface area contributed by atoms with E-state index in [1.807, 2.05) is 4.72 Å². The highest BCUT2D eigenvalue weighted by Gasteiger charge is 2.31. The van der Waals surface area contributed by atoms with Crippen LogP contribution < -0.4 is 15.2 Å². The highest BCUT2D eigenvalue weighted by Crippen LogP contribution is 2.34. The van der Waals surface area contributed by atoms with Gasteiger partial charge >= 0.3 is 6.18 Å².